The molecule has 1 atom stereocenters. The molecule has 0 spiro atoms. The molecular formula is C16H22N2. The third-order valence-corrected chi connectivity index (χ3v) is 3.27. The molecule has 2 N–H and O–H groups in total. The zero-order valence-corrected chi connectivity index (χ0v) is 11.5. The Hall–Kier alpha value is -1.41. The van der Waals surface area contributed by atoms with E-state index in [4.69, 9.17) is 5.73 Å². The zero-order valence-electron chi connectivity index (χ0n) is 11.5. The molecule has 0 saturated heterocycles. The predicted molar refractivity (Wildman–Crippen MR) is 77.4 cm³/mol. The van der Waals surface area contributed by atoms with Gasteiger partial charge in [0.25, 0.3) is 0 Å². The van der Waals surface area contributed by atoms with E-state index in [2.05, 4.69) is 50.0 Å². The molecule has 1 aromatic carbocycles. The van der Waals surface area contributed by atoms with Crippen molar-refractivity contribution in [1.82, 2.24) is 4.98 Å². The summed E-state index contributed by atoms with van der Waals surface area (Å²) in [5.41, 5.74) is 8.86. The van der Waals surface area contributed by atoms with Gasteiger partial charge in [0.2, 0.25) is 0 Å². The van der Waals surface area contributed by atoms with Gasteiger partial charge in [-0.3, -0.25) is 4.98 Å². The largest absolute Gasteiger partial charge is 0.324 e. The van der Waals surface area contributed by atoms with Crippen molar-refractivity contribution in [3.8, 4) is 0 Å². The Morgan fingerprint density at radius 3 is 2.61 bits per heavy atom. The highest BCUT2D eigenvalue weighted by atomic mass is 14.7. The Bertz CT molecular complexity index is 521. The molecule has 0 amide bonds. The molecule has 0 radical (unpaired) electrons. The molecule has 0 bridgehead atoms. The Morgan fingerprint density at radius 1 is 1.17 bits per heavy atom. The standard InChI is InChI=1S/C16H22N2/c1-16(2,3)10-9-14(17)13-8-4-6-12-7-5-11-18-15(12)13/h4-8,11,14H,9-10,17H2,1-3H3. The Kier molecular flexibility index (Phi) is 3.67. The van der Waals surface area contributed by atoms with Crippen LogP contribution >= 0.6 is 0 Å². The normalized spacial score (nSPS) is 13.8. The van der Waals surface area contributed by atoms with E-state index in [1.807, 2.05) is 12.3 Å². The molecule has 0 aliphatic heterocycles. The number of aromatic nitrogens is 1. The summed E-state index contributed by atoms with van der Waals surface area (Å²) in [6.07, 6.45) is 3.96. The Balaban J connectivity index is 2.25. The minimum atomic E-state index is 0.0721. The molecule has 2 nitrogen and oxygen atoms in total. The van der Waals surface area contributed by atoms with Gasteiger partial charge in [-0.05, 0) is 29.9 Å². The van der Waals surface area contributed by atoms with Crippen LogP contribution in [0.4, 0.5) is 0 Å². The third kappa shape index (κ3) is 3.08. The highest BCUT2D eigenvalue weighted by Gasteiger charge is 2.15. The van der Waals surface area contributed by atoms with Crippen LogP contribution in [0.3, 0.4) is 0 Å². The number of rotatable bonds is 3. The van der Waals surface area contributed by atoms with Crippen LogP contribution in [0.1, 0.15) is 45.2 Å². The van der Waals surface area contributed by atoms with E-state index in [9.17, 15) is 0 Å². The molecule has 96 valence electrons. The number of pyridine rings is 1. The summed E-state index contributed by atoms with van der Waals surface area (Å²) in [5, 5.41) is 1.17. The summed E-state index contributed by atoms with van der Waals surface area (Å²) in [5.74, 6) is 0. The summed E-state index contributed by atoms with van der Waals surface area (Å²) in [4.78, 5) is 4.47. The van der Waals surface area contributed by atoms with Crippen molar-refractivity contribution in [3.63, 3.8) is 0 Å². The minimum absolute atomic E-state index is 0.0721. The van der Waals surface area contributed by atoms with Gasteiger partial charge in [0.1, 0.15) is 0 Å². The summed E-state index contributed by atoms with van der Waals surface area (Å²) in [6.45, 7) is 6.75. The first kappa shape index (κ1) is 13.0. The van der Waals surface area contributed by atoms with Crippen LogP contribution in [0.2, 0.25) is 0 Å². The second kappa shape index (κ2) is 5.07. The molecule has 0 aliphatic carbocycles. The quantitative estimate of drug-likeness (QED) is 0.881. The van der Waals surface area contributed by atoms with Gasteiger partial charge in [0.15, 0.2) is 0 Å². The number of benzene rings is 1. The number of hydrogen-bond donors (Lipinski definition) is 1. The van der Waals surface area contributed by atoms with Crippen molar-refractivity contribution in [2.75, 3.05) is 0 Å². The van der Waals surface area contributed by atoms with Gasteiger partial charge in [-0.25, -0.2) is 0 Å². The molecule has 2 heteroatoms. The fourth-order valence-corrected chi connectivity index (χ4v) is 2.17. The van der Waals surface area contributed by atoms with Crippen molar-refractivity contribution < 1.29 is 0 Å². The molecule has 18 heavy (non-hydrogen) atoms. The molecule has 0 saturated carbocycles. The molecule has 0 fully saturated rings. The maximum absolute atomic E-state index is 6.33. The van der Waals surface area contributed by atoms with Crippen molar-refractivity contribution in [1.29, 1.82) is 0 Å². The Morgan fingerprint density at radius 2 is 1.89 bits per heavy atom. The Labute approximate surface area is 109 Å². The van der Waals surface area contributed by atoms with Gasteiger partial charge in [0, 0.05) is 17.6 Å². The SMILES string of the molecule is CC(C)(C)CCC(N)c1cccc2cccnc12. The summed E-state index contributed by atoms with van der Waals surface area (Å²) in [7, 11) is 0. The second-order valence-corrected chi connectivity index (χ2v) is 6.13. The lowest BCUT2D eigenvalue weighted by Gasteiger charge is -2.21. The third-order valence-electron chi connectivity index (χ3n) is 3.27. The average Bonchev–Trinajstić information content (AvgIpc) is 2.34. The number of nitrogens with two attached hydrogens (primary N) is 1. The van der Waals surface area contributed by atoms with E-state index >= 15 is 0 Å². The van der Waals surface area contributed by atoms with Crippen molar-refractivity contribution in [2.24, 2.45) is 11.1 Å². The smallest absolute Gasteiger partial charge is 0.0749 e. The summed E-state index contributed by atoms with van der Waals surface area (Å²) < 4.78 is 0. The van der Waals surface area contributed by atoms with Gasteiger partial charge in [0.05, 0.1) is 5.52 Å². The number of nitrogens with zero attached hydrogens (tertiary/aromatic N) is 1. The van der Waals surface area contributed by atoms with Crippen LogP contribution in [0.15, 0.2) is 36.5 Å². The number of para-hydroxylation sites is 1. The molecule has 0 aliphatic rings. The van der Waals surface area contributed by atoms with E-state index in [-0.39, 0.29) is 6.04 Å². The summed E-state index contributed by atoms with van der Waals surface area (Å²) >= 11 is 0. The highest BCUT2D eigenvalue weighted by Crippen LogP contribution is 2.28. The van der Waals surface area contributed by atoms with Gasteiger partial charge >= 0.3 is 0 Å². The van der Waals surface area contributed by atoms with Crippen LogP contribution in [-0.4, -0.2) is 4.98 Å². The monoisotopic (exact) mass is 242 g/mol. The zero-order chi connectivity index (χ0) is 13.2. The number of fused-ring (bicyclic) bond motifs is 1. The predicted octanol–water partition coefficient (Wildman–Crippen LogP) is 4.06. The maximum Gasteiger partial charge on any atom is 0.0749 e. The molecule has 1 unspecified atom stereocenters. The van der Waals surface area contributed by atoms with E-state index in [0.29, 0.717) is 5.41 Å². The lowest BCUT2D eigenvalue weighted by atomic mass is 9.87. The lowest BCUT2D eigenvalue weighted by molar-refractivity contribution is 0.350. The van der Waals surface area contributed by atoms with Crippen molar-refractivity contribution >= 4 is 10.9 Å². The molecular weight excluding hydrogens is 220 g/mol. The van der Waals surface area contributed by atoms with Crippen molar-refractivity contribution in [3.05, 3.63) is 42.1 Å². The van der Waals surface area contributed by atoms with Crippen LogP contribution in [0, 0.1) is 5.41 Å². The van der Waals surface area contributed by atoms with E-state index in [1.54, 1.807) is 0 Å². The van der Waals surface area contributed by atoms with Crippen LogP contribution in [0.5, 0.6) is 0 Å². The maximum atomic E-state index is 6.33. The fourth-order valence-electron chi connectivity index (χ4n) is 2.17. The minimum Gasteiger partial charge on any atom is -0.324 e. The van der Waals surface area contributed by atoms with Crippen LogP contribution in [0.25, 0.3) is 10.9 Å². The first-order valence-corrected chi connectivity index (χ1v) is 6.56. The van der Waals surface area contributed by atoms with Crippen LogP contribution in [-0.2, 0) is 0 Å². The molecule has 2 aromatic rings. The number of hydrogen-bond acceptors (Lipinski definition) is 2. The molecule has 1 heterocycles. The molecule has 2 rings (SSSR count). The van der Waals surface area contributed by atoms with Gasteiger partial charge in [-0.15, -0.1) is 0 Å². The lowest BCUT2D eigenvalue weighted by Crippen LogP contribution is -2.15. The molecule has 1 aromatic heterocycles. The van der Waals surface area contributed by atoms with E-state index in [0.717, 1.165) is 23.9 Å². The van der Waals surface area contributed by atoms with Crippen LogP contribution < -0.4 is 5.73 Å². The van der Waals surface area contributed by atoms with Crippen molar-refractivity contribution in [2.45, 2.75) is 39.7 Å². The van der Waals surface area contributed by atoms with E-state index in [1.165, 1.54) is 5.39 Å². The van der Waals surface area contributed by atoms with Gasteiger partial charge in [-0.2, -0.15) is 0 Å². The first-order chi connectivity index (χ1) is 8.47. The highest BCUT2D eigenvalue weighted by molar-refractivity contribution is 5.81. The van der Waals surface area contributed by atoms with E-state index < -0.39 is 0 Å². The second-order valence-electron chi connectivity index (χ2n) is 6.13. The summed E-state index contributed by atoms with van der Waals surface area (Å²) in [6, 6.07) is 10.4. The average molecular weight is 242 g/mol. The topological polar surface area (TPSA) is 38.9 Å². The van der Waals surface area contributed by atoms with Gasteiger partial charge in [-0.1, -0.05) is 45.0 Å². The van der Waals surface area contributed by atoms with Gasteiger partial charge < -0.3 is 5.73 Å². The fraction of sp³-hybridized carbons (Fsp3) is 0.438. The first-order valence-electron chi connectivity index (χ1n) is 6.56.